The second kappa shape index (κ2) is 7.40. The summed E-state index contributed by atoms with van der Waals surface area (Å²) in [4.78, 5) is 26.0. The molecule has 0 aliphatic heterocycles. The number of hydrazone groups is 1. The number of nitrogens with zero attached hydrogens (tertiary/aromatic N) is 3. The van der Waals surface area contributed by atoms with Crippen LogP contribution in [0, 0.1) is 0 Å². The Balaban J connectivity index is 2.24. The number of hydrogen-bond acceptors (Lipinski definition) is 4. The van der Waals surface area contributed by atoms with Crippen LogP contribution in [0.3, 0.4) is 0 Å². The zero-order valence-electron chi connectivity index (χ0n) is 13.5. The van der Waals surface area contributed by atoms with Gasteiger partial charge in [-0.3, -0.25) is 14.3 Å². The minimum Gasteiger partial charge on any atom is -0.292 e. The number of nitrogens with one attached hydrogen (secondary N) is 1. The van der Waals surface area contributed by atoms with E-state index in [2.05, 4.69) is 10.1 Å². The standard InChI is InChI=1S/C17H20N4O2/c1-4-21(15-11-16(22)20(3)17(23)19-15)18-12-13(2)10-14-8-6-5-7-9-14/h5-12H,4H2,1-3H3,(H,19,23)/b13-10-,18-12+. The number of anilines is 1. The van der Waals surface area contributed by atoms with Crippen molar-refractivity contribution < 1.29 is 0 Å². The molecule has 2 aromatic rings. The van der Waals surface area contributed by atoms with E-state index in [1.165, 1.54) is 13.1 Å². The monoisotopic (exact) mass is 312 g/mol. The molecular formula is C17H20N4O2. The summed E-state index contributed by atoms with van der Waals surface area (Å²) in [6.45, 7) is 4.36. The first-order chi connectivity index (χ1) is 11.0. The molecule has 1 N–H and O–H groups in total. The van der Waals surface area contributed by atoms with E-state index in [-0.39, 0.29) is 5.56 Å². The molecule has 0 unspecified atom stereocenters. The van der Waals surface area contributed by atoms with Gasteiger partial charge >= 0.3 is 5.69 Å². The van der Waals surface area contributed by atoms with Crippen LogP contribution in [0.5, 0.6) is 0 Å². The van der Waals surface area contributed by atoms with Crippen molar-refractivity contribution in [2.24, 2.45) is 12.1 Å². The molecule has 6 nitrogen and oxygen atoms in total. The highest BCUT2D eigenvalue weighted by molar-refractivity contribution is 5.85. The maximum Gasteiger partial charge on any atom is 0.329 e. The number of H-pyrrole nitrogens is 1. The summed E-state index contributed by atoms with van der Waals surface area (Å²) in [5, 5.41) is 5.92. The maximum absolute atomic E-state index is 11.7. The van der Waals surface area contributed by atoms with Crippen molar-refractivity contribution >= 4 is 18.1 Å². The third-order valence-corrected chi connectivity index (χ3v) is 3.30. The third-order valence-electron chi connectivity index (χ3n) is 3.30. The lowest BCUT2D eigenvalue weighted by Gasteiger charge is -2.16. The zero-order chi connectivity index (χ0) is 16.8. The highest BCUT2D eigenvalue weighted by Crippen LogP contribution is 2.08. The predicted octanol–water partition coefficient (Wildman–Crippen LogP) is 1.99. The average molecular weight is 312 g/mol. The second-order valence-corrected chi connectivity index (χ2v) is 5.12. The molecule has 0 aliphatic rings. The molecule has 23 heavy (non-hydrogen) atoms. The first-order valence-corrected chi connectivity index (χ1v) is 7.36. The van der Waals surface area contributed by atoms with Crippen molar-refractivity contribution in [1.29, 1.82) is 0 Å². The van der Waals surface area contributed by atoms with Gasteiger partial charge in [0.05, 0.1) is 6.21 Å². The number of rotatable bonds is 5. The number of hydrogen-bond donors (Lipinski definition) is 1. The molecule has 1 aromatic heterocycles. The fraction of sp³-hybridized carbons (Fsp3) is 0.235. The molecule has 2 rings (SSSR count). The summed E-state index contributed by atoms with van der Waals surface area (Å²) >= 11 is 0. The van der Waals surface area contributed by atoms with E-state index >= 15 is 0 Å². The molecule has 0 saturated carbocycles. The van der Waals surface area contributed by atoms with Crippen molar-refractivity contribution in [3.05, 3.63) is 68.4 Å². The Labute approximate surface area is 134 Å². The van der Waals surface area contributed by atoms with Gasteiger partial charge in [-0.15, -0.1) is 0 Å². The van der Waals surface area contributed by atoms with Gasteiger partial charge in [0.15, 0.2) is 0 Å². The van der Waals surface area contributed by atoms with Crippen LogP contribution in [0.4, 0.5) is 5.82 Å². The molecule has 0 saturated heterocycles. The molecule has 0 atom stereocenters. The van der Waals surface area contributed by atoms with Crippen LogP contribution in [0.2, 0.25) is 0 Å². The molecule has 120 valence electrons. The Morgan fingerprint density at radius 1 is 1.30 bits per heavy atom. The minimum absolute atomic E-state index is 0.367. The van der Waals surface area contributed by atoms with Crippen molar-refractivity contribution in [2.75, 3.05) is 11.6 Å². The maximum atomic E-state index is 11.7. The summed E-state index contributed by atoms with van der Waals surface area (Å²) in [6, 6.07) is 11.3. The van der Waals surface area contributed by atoms with E-state index < -0.39 is 5.69 Å². The fourth-order valence-electron chi connectivity index (χ4n) is 2.01. The van der Waals surface area contributed by atoms with Crippen molar-refractivity contribution in [1.82, 2.24) is 9.55 Å². The van der Waals surface area contributed by atoms with Gasteiger partial charge < -0.3 is 0 Å². The first kappa shape index (κ1) is 16.5. The lowest BCUT2D eigenvalue weighted by molar-refractivity contribution is 0.756. The quantitative estimate of drug-likeness (QED) is 0.678. The van der Waals surface area contributed by atoms with Crippen LogP contribution in [-0.4, -0.2) is 22.3 Å². The Kier molecular flexibility index (Phi) is 5.30. The van der Waals surface area contributed by atoms with Crippen LogP contribution in [0.1, 0.15) is 19.4 Å². The van der Waals surface area contributed by atoms with Gasteiger partial charge in [0, 0.05) is 19.7 Å². The van der Waals surface area contributed by atoms with Gasteiger partial charge in [0.25, 0.3) is 5.56 Å². The van der Waals surface area contributed by atoms with Gasteiger partial charge in [-0.25, -0.2) is 9.80 Å². The largest absolute Gasteiger partial charge is 0.329 e. The highest BCUT2D eigenvalue weighted by atomic mass is 16.2. The summed E-state index contributed by atoms with van der Waals surface area (Å²) in [7, 11) is 1.43. The van der Waals surface area contributed by atoms with E-state index in [9.17, 15) is 9.59 Å². The summed E-state index contributed by atoms with van der Waals surface area (Å²) < 4.78 is 1.02. The Morgan fingerprint density at radius 3 is 2.61 bits per heavy atom. The number of benzene rings is 1. The number of aromatic amines is 1. The van der Waals surface area contributed by atoms with E-state index in [4.69, 9.17) is 0 Å². The van der Waals surface area contributed by atoms with Crippen LogP contribution < -0.4 is 16.3 Å². The molecule has 0 spiro atoms. The number of aromatic nitrogens is 2. The average Bonchev–Trinajstić information content (AvgIpc) is 2.54. The van der Waals surface area contributed by atoms with Crippen molar-refractivity contribution in [2.45, 2.75) is 13.8 Å². The molecule has 0 aliphatic carbocycles. The van der Waals surface area contributed by atoms with Gasteiger partial charge in [-0.2, -0.15) is 5.10 Å². The van der Waals surface area contributed by atoms with Gasteiger partial charge in [-0.1, -0.05) is 36.4 Å². The number of allylic oxidation sites excluding steroid dienone is 1. The molecular weight excluding hydrogens is 292 g/mol. The predicted molar refractivity (Wildman–Crippen MR) is 93.9 cm³/mol. The molecule has 6 heteroatoms. The smallest absolute Gasteiger partial charge is 0.292 e. The fourth-order valence-corrected chi connectivity index (χ4v) is 2.01. The lowest BCUT2D eigenvalue weighted by atomic mass is 10.1. The van der Waals surface area contributed by atoms with Crippen LogP contribution in [0.15, 0.2) is 56.7 Å². The minimum atomic E-state index is -0.460. The normalized spacial score (nSPS) is 11.9. The van der Waals surface area contributed by atoms with E-state index in [1.54, 1.807) is 11.2 Å². The molecule has 0 radical (unpaired) electrons. The van der Waals surface area contributed by atoms with Crippen molar-refractivity contribution in [3.8, 4) is 0 Å². The first-order valence-electron chi connectivity index (χ1n) is 7.36. The molecule has 1 heterocycles. The van der Waals surface area contributed by atoms with Crippen molar-refractivity contribution in [3.63, 3.8) is 0 Å². The van der Waals surface area contributed by atoms with E-state index in [0.717, 1.165) is 15.7 Å². The Hall–Kier alpha value is -2.89. The van der Waals surface area contributed by atoms with Gasteiger partial charge in [0.2, 0.25) is 0 Å². The van der Waals surface area contributed by atoms with Crippen LogP contribution in [-0.2, 0) is 7.05 Å². The summed E-state index contributed by atoms with van der Waals surface area (Å²) in [5.74, 6) is 0.379. The Bertz CT molecular complexity index is 800. The topological polar surface area (TPSA) is 70.5 Å². The van der Waals surface area contributed by atoms with Gasteiger partial charge in [0.1, 0.15) is 5.82 Å². The second-order valence-electron chi connectivity index (χ2n) is 5.12. The molecule has 1 aromatic carbocycles. The summed E-state index contributed by atoms with van der Waals surface area (Å²) in [6.07, 6.45) is 3.70. The molecule has 0 bridgehead atoms. The third kappa shape index (κ3) is 4.29. The van der Waals surface area contributed by atoms with Crippen LogP contribution >= 0.6 is 0 Å². The lowest BCUT2D eigenvalue weighted by Crippen LogP contribution is -2.34. The van der Waals surface area contributed by atoms with E-state index in [1.807, 2.05) is 50.3 Å². The summed E-state index contributed by atoms with van der Waals surface area (Å²) in [5.41, 5.74) is 1.22. The van der Waals surface area contributed by atoms with E-state index in [0.29, 0.717) is 12.4 Å². The molecule has 0 fully saturated rings. The Morgan fingerprint density at radius 2 is 2.00 bits per heavy atom. The van der Waals surface area contributed by atoms with Gasteiger partial charge in [-0.05, 0) is 25.0 Å². The SMILES string of the molecule is CCN(/N=C/C(C)=C\c1ccccc1)c1cc(=O)n(C)c(=O)[nH]1. The zero-order valence-corrected chi connectivity index (χ0v) is 13.5. The van der Waals surface area contributed by atoms with Crippen LogP contribution in [0.25, 0.3) is 6.08 Å². The highest BCUT2D eigenvalue weighted by Gasteiger charge is 2.06. The molecule has 0 amide bonds.